The van der Waals surface area contributed by atoms with Crippen LogP contribution in [0.5, 0.6) is 0 Å². The predicted octanol–water partition coefficient (Wildman–Crippen LogP) is 5.75. The van der Waals surface area contributed by atoms with Gasteiger partial charge in [-0.3, -0.25) is 0 Å². The van der Waals surface area contributed by atoms with Crippen molar-refractivity contribution in [2.24, 2.45) is 11.8 Å². The maximum absolute atomic E-state index is 13.1. The van der Waals surface area contributed by atoms with Gasteiger partial charge in [-0.15, -0.1) is 0 Å². The van der Waals surface area contributed by atoms with E-state index in [9.17, 15) is 8.78 Å². The van der Waals surface area contributed by atoms with Crippen molar-refractivity contribution < 1.29 is 8.78 Å². The molecule has 0 bridgehead atoms. The summed E-state index contributed by atoms with van der Waals surface area (Å²) in [5, 5.41) is 0. The van der Waals surface area contributed by atoms with E-state index in [1.165, 1.54) is 37.7 Å². The van der Waals surface area contributed by atoms with Gasteiger partial charge in [0.25, 0.3) is 5.92 Å². The Hall–Kier alpha value is -0.660. The van der Waals surface area contributed by atoms with Crippen LogP contribution in [-0.2, 0) is 0 Å². The summed E-state index contributed by atoms with van der Waals surface area (Å²) in [6.45, 7) is 4.56. The summed E-state index contributed by atoms with van der Waals surface area (Å²) in [7, 11) is 0. The largest absolute Gasteiger partial charge is 0.251 e. The van der Waals surface area contributed by atoms with Crippen molar-refractivity contribution >= 4 is 0 Å². The van der Waals surface area contributed by atoms with Crippen molar-refractivity contribution in [1.29, 1.82) is 0 Å². The molecule has 0 aliphatic heterocycles. The summed E-state index contributed by atoms with van der Waals surface area (Å²) in [4.78, 5) is 0. The van der Waals surface area contributed by atoms with Gasteiger partial charge in [-0.1, -0.05) is 62.8 Å². The molecule has 0 aromatic carbocycles. The lowest BCUT2D eigenvalue weighted by atomic mass is 9.84. The second-order valence-corrected chi connectivity index (χ2v) is 5.68. The smallest absolute Gasteiger partial charge is 0.207 e. The minimum atomic E-state index is -2.62. The summed E-state index contributed by atoms with van der Waals surface area (Å²) in [6.07, 6.45) is 13.3. The van der Waals surface area contributed by atoms with Crippen LogP contribution >= 0.6 is 0 Å². The lowest BCUT2D eigenvalue weighted by Crippen LogP contribution is -2.19. The van der Waals surface area contributed by atoms with Crippen molar-refractivity contribution in [3.05, 3.63) is 23.8 Å². The molecule has 1 fully saturated rings. The Bertz CT molecular complexity index is 291. The Kier molecular flexibility index (Phi) is 6.04. The molecule has 2 heteroatoms. The van der Waals surface area contributed by atoms with E-state index in [0.29, 0.717) is 0 Å². The van der Waals surface area contributed by atoms with Crippen LogP contribution in [0.25, 0.3) is 0 Å². The molecule has 1 atom stereocenters. The minimum absolute atomic E-state index is 0.696. The van der Waals surface area contributed by atoms with Gasteiger partial charge in [-0.05, 0) is 26.2 Å². The van der Waals surface area contributed by atoms with E-state index in [1.807, 2.05) is 13.0 Å². The minimum Gasteiger partial charge on any atom is -0.207 e. The third-order valence-electron chi connectivity index (χ3n) is 4.02. The topological polar surface area (TPSA) is 0 Å². The third kappa shape index (κ3) is 5.32. The van der Waals surface area contributed by atoms with Crippen LogP contribution in [0.1, 0.15) is 59.3 Å². The van der Waals surface area contributed by atoms with E-state index in [1.54, 1.807) is 13.0 Å². The van der Waals surface area contributed by atoms with Gasteiger partial charge in [0.1, 0.15) is 0 Å². The Labute approximate surface area is 110 Å². The summed E-state index contributed by atoms with van der Waals surface area (Å²) in [6, 6.07) is 0. The van der Waals surface area contributed by atoms with Crippen LogP contribution in [0.4, 0.5) is 8.78 Å². The summed E-state index contributed by atoms with van der Waals surface area (Å²) >= 11 is 0. The molecule has 0 amide bonds. The van der Waals surface area contributed by atoms with Crippen molar-refractivity contribution in [3.63, 3.8) is 0 Å². The fraction of sp³-hybridized carbons (Fsp3) is 0.750. The first kappa shape index (κ1) is 15.4. The fourth-order valence-corrected chi connectivity index (χ4v) is 2.44. The van der Waals surface area contributed by atoms with Crippen LogP contribution in [-0.4, -0.2) is 5.92 Å². The van der Waals surface area contributed by atoms with Crippen molar-refractivity contribution in [1.82, 2.24) is 0 Å². The number of rotatable bonds is 5. The van der Waals surface area contributed by atoms with E-state index in [-0.39, 0.29) is 0 Å². The second-order valence-electron chi connectivity index (χ2n) is 5.68. The predicted molar refractivity (Wildman–Crippen MR) is 73.9 cm³/mol. The lowest BCUT2D eigenvalue weighted by Gasteiger charge is -2.22. The molecule has 0 saturated heterocycles. The van der Waals surface area contributed by atoms with Crippen LogP contribution in [0, 0.1) is 11.8 Å². The molecule has 0 spiro atoms. The molecule has 104 valence electrons. The molecule has 0 aromatic rings. The molecule has 0 heterocycles. The van der Waals surface area contributed by atoms with Gasteiger partial charge in [0.2, 0.25) is 0 Å². The monoisotopic (exact) mass is 256 g/mol. The molecule has 1 aliphatic carbocycles. The van der Waals surface area contributed by atoms with E-state index in [2.05, 4.69) is 6.08 Å². The second kappa shape index (κ2) is 7.06. The Morgan fingerprint density at radius 3 is 2.39 bits per heavy atom. The zero-order valence-corrected chi connectivity index (χ0v) is 11.9. The quantitative estimate of drug-likeness (QED) is 0.549. The zero-order chi connectivity index (χ0) is 13.6. The van der Waals surface area contributed by atoms with Gasteiger partial charge < -0.3 is 0 Å². The molecule has 18 heavy (non-hydrogen) atoms. The van der Waals surface area contributed by atoms with Gasteiger partial charge in [0, 0.05) is 5.92 Å². The first-order chi connectivity index (χ1) is 8.43. The van der Waals surface area contributed by atoms with E-state index < -0.39 is 11.8 Å². The normalized spacial score (nSPS) is 21.5. The van der Waals surface area contributed by atoms with Gasteiger partial charge in [0.15, 0.2) is 0 Å². The highest BCUT2D eigenvalue weighted by atomic mass is 19.3. The van der Waals surface area contributed by atoms with E-state index in [4.69, 9.17) is 0 Å². The first-order valence-corrected chi connectivity index (χ1v) is 7.14. The molecule has 1 aliphatic rings. The molecule has 1 saturated carbocycles. The highest BCUT2D eigenvalue weighted by Crippen LogP contribution is 2.30. The maximum Gasteiger partial charge on any atom is 0.251 e. The first-order valence-electron chi connectivity index (χ1n) is 7.14. The van der Waals surface area contributed by atoms with Crippen molar-refractivity contribution in [2.75, 3.05) is 0 Å². The lowest BCUT2D eigenvalue weighted by molar-refractivity contribution is -0.0142. The van der Waals surface area contributed by atoms with Crippen molar-refractivity contribution in [3.8, 4) is 0 Å². The number of hydrogen-bond acceptors (Lipinski definition) is 0. The molecule has 1 unspecified atom stereocenters. The number of allylic oxidation sites excluding steroid dienone is 4. The highest BCUT2D eigenvalue weighted by Gasteiger charge is 2.27. The average molecular weight is 256 g/mol. The van der Waals surface area contributed by atoms with Gasteiger partial charge in [-0.25, -0.2) is 8.78 Å². The van der Waals surface area contributed by atoms with Crippen LogP contribution < -0.4 is 0 Å². The zero-order valence-electron chi connectivity index (χ0n) is 11.9. The number of hydrogen-bond donors (Lipinski definition) is 0. The Morgan fingerprint density at radius 1 is 1.28 bits per heavy atom. The van der Waals surface area contributed by atoms with Crippen molar-refractivity contribution in [2.45, 2.75) is 65.2 Å². The van der Waals surface area contributed by atoms with Gasteiger partial charge in [-0.2, -0.15) is 0 Å². The summed E-state index contributed by atoms with van der Waals surface area (Å²) in [5.41, 5.74) is 1.21. The van der Waals surface area contributed by atoms with Crippen LogP contribution in [0.3, 0.4) is 0 Å². The van der Waals surface area contributed by atoms with Gasteiger partial charge >= 0.3 is 0 Å². The van der Waals surface area contributed by atoms with E-state index in [0.717, 1.165) is 19.3 Å². The summed E-state index contributed by atoms with van der Waals surface area (Å²) in [5.74, 6) is -2.56. The average Bonchev–Trinajstić information content (AvgIpc) is 2.34. The van der Waals surface area contributed by atoms with Crippen LogP contribution in [0.15, 0.2) is 23.8 Å². The highest BCUT2D eigenvalue weighted by molar-refractivity contribution is 5.19. The number of halogens is 2. The molecule has 0 aromatic heterocycles. The molecule has 1 rings (SSSR count). The van der Waals surface area contributed by atoms with E-state index >= 15 is 0 Å². The number of alkyl halides is 2. The molecular formula is C16H26F2. The molecule has 0 nitrogen and oxygen atoms in total. The SMILES string of the molecule is CC=C(C=CC(C)C(C)(F)F)CC1CCCCC1. The fourth-order valence-electron chi connectivity index (χ4n) is 2.44. The van der Waals surface area contributed by atoms with Gasteiger partial charge in [0.05, 0.1) is 0 Å². The van der Waals surface area contributed by atoms with Crippen LogP contribution in [0.2, 0.25) is 0 Å². The standard InChI is InChI=1S/C16H26F2/c1-4-14(11-10-13(2)16(3,17)18)12-15-8-6-5-7-9-15/h4,10-11,13,15H,5-9,12H2,1-3H3. The molecule has 0 N–H and O–H groups in total. The Morgan fingerprint density at radius 2 is 1.89 bits per heavy atom. The molecular weight excluding hydrogens is 230 g/mol. The summed E-state index contributed by atoms with van der Waals surface area (Å²) < 4.78 is 26.1. The maximum atomic E-state index is 13.1. The third-order valence-corrected chi connectivity index (χ3v) is 4.02. The Balaban J connectivity index is 2.49. The molecule has 0 radical (unpaired) electrons.